The van der Waals surface area contributed by atoms with Crippen molar-refractivity contribution in [2.45, 2.75) is 20.0 Å². The molecule has 2 aromatic heterocycles. The number of rotatable bonds is 2. The van der Waals surface area contributed by atoms with E-state index < -0.39 is 17.6 Å². The van der Waals surface area contributed by atoms with Crippen molar-refractivity contribution in [1.29, 1.82) is 0 Å². The van der Waals surface area contributed by atoms with Gasteiger partial charge in [-0.25, -0.2) is 4.98 Å². The summed E-state index contributed by atoms with van der Waals surface area (Å²) in [6, 6.07) is 6.12. The van der Waals surface area contributed by atoms with Crippen LogP contribution in [0.25, 0.3) is 10.2 Å². The first-order valence-electron chi connectivity index (χ1n) is 7.31. The van der Waals surface area contributed by atoms with Gasteiger partial charge in [0, 0.05) is 16.8 Å². The van der Waals surface area contributed by atoms with E-state index in [1.54, 1.807) is 0 Å². The molecule has 1 amide bonds. The van der Waals surface area contributed by atoms with Crippen LogP contribution in [0.5, 0.6) is 0 Å². The lowest BCUT2D eigenvalue weighted by molar-refractivity contribution is -0.137. The van der Waals surface area contributed by atoms with E-state index >= 15 is 0 Å². The number of nitrogens with two attached hydrogens (primary N) is 1. The molecular formula is C17H14F3N3OS. The van der Waals surface area contributed by atoms with E-state index in [1.165, 1.54) is 12.1 Å². The Morgan fingerprint density at radius 2 is 1.84 bits per heavy atom. The van der Waals surface area contributed by atoms with E-state index in [9.17, 15) is 18.0 Å². The molecule has 0 radical (unpaired) electrons. The minimum Gasteiger partial charge on any atom is -0.397 e. The standard InChI is InChI=1S/C17H14F3N3OS/c1-8-7-9(2)22-16-12(8)13(21)14(25-16)15(24)23-11-5-3-10(4-6-11)17(18,19)20/h3-7H,21H2,1-2H3,(H,23,24). The molecule has 0 spiro atoms. The molecular weight excluding hydrogens is 351 g/mol. The maximum Gasteiger partial charge on any atom is 0.416 e. The number of hydrogen-bond acceptors (Lipinski definition) is 4. The number of nitrogen functional groups attached to an aromatic ring is 1. The van der Waals surface area contributed by atoms with Crippen LogP contribution in [-0.4, -0.2) is 10.9 Å². The summed E-state index contributed by atoms with van der Waals surface area (Å²) in [6.07, 6.45) is -4.42. The molecule has 3 rings (SSSR count). The Kier molecular flexibility index (Phi) is 4.16. The van der Waals surface area contributed by atoms with Gasteiger partial charge in [0.05, 0.1) is 11.3 Å². The van der Waals surface area contributed by atoms with Crippen molar-refractivity contribution in [1.82, 2.24) is 4.98 Å². The van der Waals surface area contributed by atoms with Gasteiger partial charge < -0.3 is 11.1 Å². The highest BCUT2D eigenvalue weighted by molar-refractivity contribution is 7.21. The van der Waals surface area contributed by atoms with Crippen LogP contribution in [0.15, 0.2) is 30.3 Å². The summed E-state index contributed by atoms with van der Waals surface area (Å²) in [4.78, 5) is 17.8. The van der Waals surface area contributed by atoms with Gasteiger partial charge >= 0.3 is 6.18 Å². The number of benzene rings is 1. The number of thiophene rings is 1. The van der Waals surface area contributed by atoms with Crippen molar-refractivity contribution < 1.29 is 18.0 Å². The zero-order chi connectivity index (χ0) is 18.4. The molecule has 130 valence electrons. The summed E-state index contributed by atoms with van der Waals surface area (Å²) >= 11 is 1.16. The monoisotopic (exact) mass is 365 g/mol. The predicted molar refractivity (Wildman–Crippen MR) is 92.9 cm³/mol. The van der Waals surface area contributed by atoms with Crippen LogP contribution in [-0.2, 0) is 6.18 Å². The fourth-order valence-corrected chi connectivity index (χ4v) is 3.68. The summed E-state index contributed by atoms with van der Waals surface area (Å²) in [7, 11) is 0. The molecule has 4 nitrogen and oxygen atoms in total. The number of halogens is 3. The van der Waals surface area contributed by atoms with Crippen LogP contribution in [0, 0.1) is 13.8 Å². The second-order valence-corrected chi connectivity index (χ2v) is 6.63. The Morgan fingerprint density at radius 1 is 1.20 bits per heavy atom. The molecule has 2 heterocycles. The number of carbonyl (C=O) groups is 1. The van der Waals surface area contributed by atoms with Gasteiger partial charge in [0.15, 0.2) is 0 Å². The third-order valence-corrected chi connectivity index (χ3v) is 4.80. The number of hydrogen-bond donors (Lipinski definition) is 2. The Balaban J connectivity index is 1.90. The number of nitrogens with zero attached hydrogens (tertiary/aromatic N) is 1. The number of anilines is 2. The number of pyridine rings is 1. The fraction of sp³-hybridized carbons (Fsp3) is 0.176. The molecule has 0 aliphatic rings. The molecule has 0 aliphatic heterocycles. The van der Waals surface area contributed by atoms with Crippen LogP contribution in [0.3, 0.4) is 0 Å². The van der Waals surface area contributed by atoms with Gasteiger partial charge in [0.1, 0.15) is 9.71 Å². The number of nitrogens with one attached hydrogen (secondary N) is 1. The third kappa shape index (κ3) is 3.30. The van der Waals surface area contributed by atoms with E-state index in [2.05, 4.69) is 10.3 Å². The van der Waals surface area contributed by atoms with Gasteiger partial charge in [-0.15, -0.1) is 11.3 Å². The van der Waals surface area contributed by atoms with Crippen molar-refractivity contribution in [2.24, 2.45) is 0 Å². The SMILES string of the molecule is Cc1cc(C)c2c(N)c(C(=O)Nc3ccc(C(F)(F)F)cc3)sc2n1. The number of amides is 1. The maximum atomic E-state index is 12.6. The average molecular weight is 365 g/mol. The van der Waals surface area contributed by atoms with Gasteiger partial charge in [-0.3, -0.25) is 4.79 Å². The topological polar surface area (TPSA) is 68.0 Å². The Bertz CT molecular complexity index is 962. The van der Waals surface area contributed by atoms with E-state index in [0.717, 1.165) is 40.1 Å². The fourth-order valence-electron chi connectivity index (χ4n) is 2.57. The second-order valence-electron chi connectivity index (χ2n) is 5.63. The molecule has 0 saturated heterocycles. The van der Waals surface area contributed by atoms with Gasteiger partial charge in [-0.2, -0.15) is 13.2 Å². The average Bonchev–Trinajstić information content (AvgIpc) is 2.84. The van der Waals surface area contributed by atoms with Gasteiger partial charge in [0.2, 0.25) is 0 Å². The highest BCUT2D eigenvalue weighted by Gasteiger charge is 2.30. The molecule has 0 atom stereocenters. The van der Waals surface area contributed by atoms with E-state index in [1.807, 2.05) is 19.9 Å². The minimum atomic E-state index is -4.42. The van der Waals surface area contributed by atoms with Crippen molar-refractivity contribution in [3.8, 4) is 0 Å². The third-order valence-electron chi connectivity index (χ3n) is 3.70. The minimum absolute atomic E-state index is 0.260. The molecule has 1 aromatic carbocycles. The van der Waals surface area contributed by atoms with Crippen LogP contribution < -0.4 is 11.1 Å². The van der Waals surface area contributed by atoms with Crippen molar-refractivity contribution in [3.63, 3.8) is 0 Å². The van der Waals surface area contributed by atoms with Gasteiger partial charge in [0.25, 0.3) is 5.91 Å². The first kappa shape index (κ1) is 17.2. The molecule has 0 aliphatic carbocycles. The van der Waals surface area contributed by atoms with Crippen LogP contribution in [0.2, 0.25) is 0 Å². The van der Waals surface area contributed by atoms with Crippen molar-refractivity contribution >= 4 is 38.8 Å². The number of aryl methyl sites for hydroxylation is 2. The van der Waals surface area contributed by atoms with Crippen molar-refractivity contribution in [2.75, 3.05) is 11.1 Å². The lowest BCUT2D eigenvalue weighted by atomic mass is 10.1. The smallest absolute Gasteiger partial charge is 0.397 e. The summed E-state index contributed by atoms with van der Waals surface area (Å²) in [6.45, 7) is 3.74. The number of aromatic nitrogens is 1. The predicted octanol–water partition coefficient (Wildman–Crippen LogP) is 4.77. The van der Waals surface area contributed by atoms with E-state index in [0.29, 0.717) is 10.5 Å². The summed E-state index contributed by atoms with van der Waals surface area (Å²) in [5.74, 6) is -0.475. The molecule has 0 saturated carbocycles. The first-order valence-corrected chi connectivity index (χ1v) is 8.13. The molecule has 0 unspecified atom stereocenters. The molecule has 0 bridgehead atoms. The number of carbonyl (C=O) groups excluding carboxylic acids is 1. The highest BCUT2D eigenvalue weighted by Crippen LogP contribution is 2.35. The molecule has 3 N–H and O–H groups in total. The normalized spacial score (nSPS) is 11.7. The molecule has 3 aromatic rings. The van der Waals surface area contributed by atoms with Crippen LogP contribution in [0.4, 0.5) is 24.5 Å². The lowest BCUT2D eigenvalue weighted by Gasteiger charge is -2.08. The van der Waals surface area contributed by atoms with Crippen LogP contribution >= 0.6 is 11.3 Å². The summed E-state index contributed by atoms with van der Waals surface area (Å²) in [5.41, 5.74) is 7.64. The van der Waals surface area contributed by atoms with Gasteiger partial charge in [-0.05, 0) is 49.7 Å². The Morgan fingerprint density at radius 3 is 2.44 bits per heavy atom. The molecule has 0 fully saturated rings. The van der Waals surface area contributed by atoms with Crippen molar-refractivity contribution in [3.05, 3.63) is 52.0 Å². The van der Waals surface area contributed by atoms with Gasteiger partial charge in [-0.1, -0.05) is 0 Å². The Labute approximate surface area is 145 Å². The highest BCUT2D eigenvalue weighted by atomic mass is 32.1. The maximum absolute atomic E-state index is 12.6. The molecule has 8 heteroatoms. The summed E-state index contributed by atoms with van der Waals surface area (Å²) in [5, 5.41) is 3.30. The largest absolute Gasteiger partial charge is 0.416 e. The summed E-state index contributed by atoms with van der Waals surface area (Å²) < 4.78 is 37.7. The lowest BCUT2D eigenvalue weighted by Crippen LogP contribution is -2.12. The van der Waals surface area contributed by atoms with Crippen LogP contribution in [0.1, 0.15) is 26.5 Å². The quantitative estimate of drug-likeness (QED) is 0.688. The molecule has 25 heavy (non-hydrogen) atoms. The van der Waals surface area contributed by atoms with E-state index in [-0.39, 0.29) is 10.6 Å². The zero-order valence-electron chi connectivity index (χ0n) is 13.4. The Hall–Kier alpha value is -2.61. The van der Waals surface area contributed by atoms with E-state index in [4.69, 9.17) is 5.73 Å². The zero-order valence-corrected chi connectivity index (χ0v) is 14.2. The number of alkyl halides is 3. The first-order chi connectivity index (χ1) is 11.7. The second kappa shape index (κ2) is 6.03. The number of fused-ring (bicyclic) bond motifs is 1.